The number of likely N-dealkylation sites (N-methyl/N-ethyl adjacent to an activating group) is 1. The van der Waals surface area contributed by atoms with Crippen LogP contribution in [0.3, 0.4) is 0 Å². The van der Waals surface area contributed by atoms with Crippen molar-refractivity contribution < 1.29 is 4.79 Å². The lowest BCUT2D eigenvalue weighted by atomic mass is 10.1. The van der Waals surface area contributed by atoms with Crippen molar-refractivity contribution in [2.24, 2.45) is 0 Å². The van der Waals surface area contributed by atoms with Crippen molar-refractivity contribution in [2.45, 2.75) is 19.9 Å². The largest absolute Gasteiger partial charge is 0.365 e. The van der Waals surface area contributed by atoms with Gasteiger partial charge in [-0.1, -0.05) is 35.9 Å². The molecule has 0 radical (unpaired) electrons. The molecule has 4 nitrogen and oxygen atoms in total. The number of aryl methyl sites for hydroxylation is 1. The summed E-state index contributed by atoms with van der Waals surface area (Å²) in [5.74, 6) is 0. The van der Waals surface area contributed by atoms with E-state index >= 15 is 0 Å². The van der Waals surface area contributed by atoms with E-state index in [0.717, 1.165) is 25.3 Å². The molecule has 0 aliphatic carbocycles. The number of benzene rings is 2. The van der Waals surface area contributed by atoms with Crippen LogP contribution in [0.15, 0.2) is 54.6 Å². The van der Waals surface area contributed by atoms with Gasteiger partial charge < -0.3 is 15.1 Å². The number of hydrogen-bond donors (Lipinski definition) is 1. The zero-order valence-electron chi connectivity index (χ0n) is 13.7. The zero-order valence-corrected chi connectivity index (χ0v) is 13.7. The average molecular weight is 309 g/mol. The van der Waals surface area contributed by atoms with E-state index in [-0.39, 0.29) is 6.03 Å². The monoisotopic (exact) mass is 309 g/mol. The van der Waals surface area contributed by atoms with Crippen LogP contribution in [0.1, 0.15) is 12.5 Å². The predicted molar refractivity (Wildman–Crippen MR) is 95.0 cm³/mol. The molecule has 2 aromatic carbocycles. The molecule has 2 aromatic rings. The fourth-order valence-electron chi connectivity index (χ4n) is 2.93. The zero-order chi connectivity index (χ0) is 16.2. The minimum Gasteiger partial charge on any atom is -0.365 e. The van der Waals surface area contributed by atoms with Crippen LogP contribution in [0.4, 0.5) is 16.2 Å². The predicted octanol–water partition coefficient (Wildman–Crippen LogP) is 3.74. The molecule has 1 aliphatic rings. The summed E-state index contributed by atoms with van der Waals surface area (Å²) in [6, 6.07) is 18.6. The van der Waals surface area contributed by atoms with Crippen molar-refractivity contribution in [3.8, 4) is 0 Å². The lowest BCUT2D eigenvalue weighted by molar-refractivity contribution is 0.161. The number of carbonyl (C=O) groups excluding carboxylic acids is 1. The highest BCUT2D eigenvalue weighted by Gasteiger charge is 2.34. The second-order valence-corrected chi connectivity index (χ2v) is 5.98. The third kappa shape index (κ3) is 3.47. The quantitative estimate of drug-likeness (QED) is 0.934. The summed E-state index contributed by atoms with van der Waals surface area (Å²) in [6.45, 7) is 6.67. The van der Waals surface area contributed by atoms with Gasteiger partial charge in [-0.2, -0.15) is 0 Å². The molecule has 2 amide bonds. The number of rotatable bonds is 4. The van der Waals surface area contributed by atoms with Gasteiger partial charge in [-0.15, -0.1) is 0 Å². The first-order valence-electron chi connectivity index (χ1n) is 8.11. The first-order chi connectivity index (χ1) is 11.2. The second-order valence-electron chi connectivity index (χ2n) is 5.98. The maximum absolute atomic E-state index is 12.3. The minimum absolute atomic E-state index is 0.0192. The molecular weight excluding hydrogens is 286 g/mol. The summed E-state index contributed by atoms with van der Waals surface area (Å²) in [5.41, 5.74) is 3.26. The molecule has 0 aromatic heterocycles. The Kier molecular flexibility index (Phi) is 4.51. The molecule has 1 aliphatic heterocycles. The van der Waals surface area contributed by atoms with Crippen molar-refractivity contribution in [3.05, 3.63) is 60.2 Å². The highest BCUT2D eigenvalue weighted by atomic mass is 16.2. The van der Waals surface area contributed by atoms with Gasteiger partial charge in [0.1, 0.15) is 0 Å². The Morgan fingerprint density at radius 1 is 1.13 bits per heavy atom. The molecule has 0 saturated carbocycles. The number of para-hydroxylation sites is 1. The van der Waals surface area contributed by atoms with Gasteiger partial charge in [0.05, 0.1) is 6.04 Å². The summed E-state index contributed by atoms with van der Waals surface area (Å²) in [6.07, 6.45) is 0. The Morgan fingerprint density at radius 2 is 1.78 bits per heavy atom. The SMILES string of the molecule is CCN(c1ccccc1)C1CN(C(=O)Nc2ccc(C)cc2)C1. The maximum Gasteiger partial charge on any atom is 0.321 e. The molecule has 3 rings (SSSR count). The number of hydrogen-bond acceptors (Lipinski definition) is 2. The van der Waals surface area contributed by atoms with Gasteiger partial charge >= 0.3 is 6.03 Å². The van der Waals surface area contributed by atoms with E-state index in [1.165, 1.54) is 11.3 Å². The van der Waals surface area contributed by atoms with Crippen molar-refractivity contribution >= 4 is 17.4 Å². The molecule has 120 valence electrons. The molecule has 1 saturated heterocycles. The van der Waals surface area contributed by atoms with E-state index in [0.29, 0.717) is 6.04 Å². The third-order valence-corrected chi connectivity index (χ3v) is 4.32. The van der Waals surface area contributed by atoms with Gasteiger partial charge in [0.2, 0.25) is 0 Å². The van der Waals surface area contributed by atoms with Gasteiger partial charge in [0, 0.05) is 31.0 Å². The molecule has 0 unspecified atom stereocenters. The Hall–Kier alpha value is -2.49. The minimum atomic E-state index is -0.0192. The van der Waals surface area contributed by atoms with Crippen molar-refractivity contribution in [1.82, 2.24) is 4.90 Å². The molecule has 4 heteroatoms. The Bertz CT molecular complexity index is 648. The summed E-state index contributed by atoms with van der Waals surface area (Å²) < 4.78 is 0. The van der Waals surface area contributed by atoms with Crippen LogP contribution < -0.4 is 10.2 Å². The standard InChI is InChI=1S/C19H23N3O/c1-3-22(17-7-5-4-6-8-17)18-13-21(14-18)19(23)20-16-11-9-15(2)10-12-16/h4-12,18H,3,13-14H2,1-2H3,(H,20,23). The highest BCUT2D eigenvalue weighted by Crippen LogP contribution is 2.23. The van der Waals surface area contributed by atoms with E-state index in [4.69, 9.17) is 0 Å². The molecule has 1 fully saturated rings. The fraction of sp³-hybridized carbons (Fsp3) is 0.316. The number of urea groups is 1. The molecule has 23 heavy (non-hydrogen) atoms. The average Bonchev–Trinajstić information content (AvgIpc) is 2.53. The summed E-state index contributed by atoms with van der Waals surface area (Å²) in [4.78, 5) is 16.5. The lowest BCUT2D eigenvalue weighted by Gasteiger charge is -2.46. The van der Waals surface area contributed by atoms with Gasteiger partial charge in [-0.25, -0.2) is 4.79 Å². The summed E-state index contributed by atoms with van der Waals surface area (Å²) in [7, 11) is 0. The van der Waals surface area contributed by atoms with Crippen LogP contribution in [0, 0.1) is 6.92 Å². The number of likely N-dealkylation sites (tertiary alicyclic amines) is 1. The van der Waals surface area contributed by atoms with Crippen LogP contribution in [-0.4, -0.2) is 36.6 Å². The molecule has 0 bridgehead atoms. The number of nitrogens with one attached hydrogen (secondary N) is 1. The van der Waals surface area contributed by atoms with Gasteiger partial charge in [-0.3, -0.25) is 0 Å². The van der Waals surface area contributed by atoms with Crippen LogP contribution in [-0.2, 0) is 0 Å². The molecular formula is C19H23N3O. The van der Waals surface area contributed by atoms with Gasteiger partial charge in [0.25, 0.3) is 0 Å². The van der Waals surface area contributed by atoms with Crippen LogP contribution >= 0.6 is 0 Å². The second kappa shape index (κ2) is 6.73. The lowest BCUT2D eigenvalue weighted by Crippen LogP contribution is -2.62. The first-order valence-corrected chi connectivity index (χ1v) is 8.11. The number of amides is 2. The van der Waals surface area contributed by atoms with E-state index in [2.05, 4.69) is 41.4 Å². The first kappa shape index (κ1) is 15.4. The molecule has 0 atom stereocenters. The Morgan fingerprint density at radius 3 is 2.39 bits per heavy atom. The smallest absolute Gasteiger partial charge is 0.321 e. The number of anilines is 2. The van der Waals surface area contributed by atoms with Gasteiger partial charge in [-0.05, 0) is 38.1 Å². The third-order valence-electron chi connectivity index (χ3n) is 4.32. The Balaban J connectivity index is 1.55. The summed E-state index contributed by atoms with van der Waals surface area (Å²) >= 11 is 0. The van der Waals surface area contributed by atoms with Crippen LogP contribution in [0.5, 0.6) is 0 Å². The van der Waals surface area contributed by atoms with Crippen molar-refractivity contribution in [1.29, 1.82) is 0 Å². The van der Waals surface area contributed by atoms with Crippen LogP contribution in [0.25, 0.3) is 0 Å². The highest BCUT2D eigenvalue weighted by molar-refractivity contribution is 5.90. The van der Waals surface area contributed by atoms with E-state index in [9.17, 15) is 4.79 Å². The molecule has 1 N–H and O–H groups in total. The molecule has 1 heterocycles. The van der Waals surface area contributed by atoms with E-state index < -0.39 is 0 Å². The maximum atomic E-state index is 12.3. The van der Waals surface area contributed by atoms with Crippen LogP contribution in [0.2, 0.25) is 0 Å². The Labute approximate surface area is 137 Å². The van der Waals surface area contributed by atoms with Gasteiger partial charge in [0.15, 0.2) is 0 Å². The van der Waals surface area contributed by atoms with E-state index in [1.54, 1.807) is 0 Å². The van der Waals surface area contributed by atoms with Crippen molar-refractivity contribution in [3.63, 3.8) is 0 Å². The molecule has 0 spiro atoms. The number of carbonyl (C=O) groups is 1. The topological polar surface area (TPSA) is 35.6 Å². The van der Waals surface area contributed by atoms with Crippen molar-refractivity contribution in [2.75, 3.05) is 29.9 Å². The normalized spacial score (nSPS) is 14.3. The fourth-order valence-corrected chi connectivity index (χ4v) is 2.93. The number of nitrogens with zero attached hydrogens (tertiary/aromatic N) is 2. The van der Waals surface area contributed by atoms with E-state index in [1.807, 2.05) is 42.2 Å². The summed E-state index contributed by atoms with van der Waals surface area (Å²) in [5, 5.41) is 2.96.